The number of benzene rings is 2. The van der Waals surface area contributed by atoms with Crippen molar-refractivity contribution in [2.24, 2.45) is 11.8 Å². The van der Waals surface area contributed by atoms with Crippen LogP contribution in [0.2, 0.25) is 51.4 Å². The molecule has 2 aromatic rings. The van der Waals surface area contributed by atoms with E-state index in [1.807, 2.05) is 12.1 Å². The molecule has 0 fully saturated rings. The summed E-state index contributed by atoms with van der Waals surface area (Å²) in [5.74, 6) is 1.85. The minimum absolute atomic E-state index is 0.0819. The van der Waals surface area contributed by atoms with Crippen molar-refractivity contribution in [3.8, 4) is 17.2 Å². The molecule has 0 saturated carbocycles. The molecule has 0 spiro atoms. The highest BCUT2D eigenvalue weighted by Gasteiger charge is 2.40. The molecule has 1 unspecified atom stereocenters. The summed E-state index contributed by atoms with van der Waals surface area (Å²) in [6.07, 6.45) is 5.41. The molecule has 256 valence electrons. The summed E-state index contributed by atoms with van der Waals surface area (Å²) in [6, 6.07) is 16.4. The maximum Gasteiger partial charge on any atom is 0.189 e. The van der Waals surface area contributed by atoms with Crippen LogP contribution in [0.3, 0.4) is 0 Å². The topological polar surface area (TPSA) is 66.4 Å². The summed E-state index contributed by atoms with van der Waals surface area (Å²) >= 11 is 0. The van der Waals surface area contributed by atoms with Crippen LogP contribution in [-0.4, -0.2) is 55.2 Å². The predicted molar refractivity (Wildman–Crippen MR) is 196 cm³/mol. The zero-order chi connectivity index (χ0) is 33.9. The van der Waals surface area contributed by atoms with Crippen LogP contribution in [-0.2, 0) is 9.47 Å². The molecule has 1 N–H and O–H groups in total. The lowest BCUT2D eigenvalue weighted by molar-refractivity contribution is 0.00874. The molecule has 0 aliphatic heterocycles. The van der Waals surface area contributed by atoms with Crippen molar-refractivity contribution in [1.82, 2.24) is 0 Å². The van der Waals surface area contributed by atoms with Gasteiger partial charge < -0.3 is 28.8 Å². The van der Waals surface area contributed by atoms with Crippen molar-refractivity contribution in [3.63, 3.8) is 0 Å². The Labute approximate surface area is 281 Å². The van der Waals surface area contributed by atoms with E-state index in [1.165, 1.54) is 16.7 Å². The van der Waals surface area contributed by atoms with Gasteiger partial charge in [0.05, 0.1) is 18.8 Å². The second-order valence-electron chi connectivity index (χ2n) is 15.4. The SMILES string of the molecule is COc1cc(OCOCC[Si](C)(C)C)c(C(O)[C@@H]2CC=C(C)[C@@H](CC=C(C)C)[C@H]2c2ccccc2)c(OCOCC[Si](C)(C)C)c1. The first-order chi connectivity index (χ1) is 21.7. The van der Waals surface area contributed by atoms with E-state index >= 15 is 0 Å². The summed E-state index contributed by atoms with van der Waals surface area (Å²) in [6.45, 7) is 22.0. The highest BCUT2D eigenvalue weighted by molar-refractivity contribution is 6.76. The van der Waals surface area contributed by atoms with Crippen LogP contribution in [0.1, 0.15) is 56.8 Å². The Bertz CT molecular complexity index is 1230. The molecule has 0 aromatic heterocycles. The Morgan fingerprint density at radius 2 is 1.43 bits per heavy atom. The van der Waals surface area contributed by atoms with Gasteiger partial charge in [-0.2, -0.15) is 0 Å². The van der Waals surface area contributed by atoms with Crippen molar-refractivity contribution in [2.75, 3.05) is 33.9 Å². The van der Waals surface area contributed by atoms with Gasteiger partial charge in [0, 0.05) is 47.4 Å². The van der Waals surface area contributed by atoms with Crippen LogP contribution in [0.25, 0.3) is 0 Å². The average molecular weight is 669 g/mol. The fraction of sp³-hybridized carbons (Fsp3) is 0.579. The van der Waals surface area contributed by atoms with Crippen LogP contribution < -0.4 is 14.2 Å². The van der Waals surface area contributed by atoms with Gasteiger partial charge >= 0.3 is 0 Å². The van der Waals surface area contributed by atoms with Crippen molar-refractivity contribution in [1.29, 1.82) is 0 Å². The van der Waals surface area contributed by atoms with Crippen LogP contribution in [0, 0.1) is 11.8 Å². The first kappa shape index (κ1) is 38.1. The van der Waals surface area contributed by atoms with E-state index < -0.39 is 22.3 Å². The van der Waals surface area contributed by atoms with E-state index in [0.29, 0.717) is 36.0 Å². The summed E-state index contributed by atoms with van der Waals surface area (Å²) < 4.78 is 30.1. The lowest BCUT2D eigenvalue weighted by Gasteiger charge is -2.41. The number of hydrogen-bond acceptors (Lipinski definition) is 6. The normalized spacial score (nSPS) is 19.3. The third-order valence-electron chi connectivity index (χ3n) is 8.76. The van der Waals surface area contributed by atoms with Gasteiger partial charge in [0.15, 0.2) is 13.6 Å². The van der Waals surface area contributed by atoms with Crippen molar-refractivity contribution in [2.45, 2.75) is 97.0 Å². The minimum Gasteiger partial charge on any atom is -0.496 e. The van der Waals surface area contributed by atoms with E-state index in [4.69, 9.17) is 23.7 Å². The molecular weight excluding hydrogens is 609 g/mol. The second kappa shape index (κ2) is 17.7. The minimum atomic E-state index is -1.24. The zero-order valence-electron chi connectivity index (χ0n) is 30.2. The van der Waals surface area contributed by atoms with Crippen molar-refractivity contribution in [3.05, 3.63) is 76.9 Å². The van der Waals surface area contributed by atoms with Gasteiger partial charge in [0.1, 0.15) is 17.2 Å². The third-order valence-corrected chi connectivity index (χ3v) is 12.2. The number of methoxy groups -OCH3 is 1. The molecule has 0 saturated heterocycles. The quantitative estimate of drug-likeness (QED) is 0.0738. The molecule has 8 heteroatoms. The number of ether oxygens (including phenoxy) is 5. The molecule has 0 amide bonds. The maximum atomic E-state index is 12.5. The van der Waals surface area contributed by atoms with Gasteiger partial charge in [-0.25, -0.2) is 0 Å². The molecule has 1 aliphatic carbocycles. The molecule has 4 atom stereocenters. The Hall–Kier alpha value is -2.37. The van der Waals surface area contributed by atoms with Gasteiger partial charge in [-0.3, -0.25) is 0 Å². The van der Waals surface area contributed by atoms with E-state index in [0.717, 1.165) is 24.9 Å². The van der Waals surface area contributed by atoms with Gasteiger partial charge in [-0.05, 0) is 63.1 Å². The number of rotatable bonds is 18. The molecular formula is C38H60O6Si2. The summed E-state index contributed by atoms with van der Waals surface area (Å²) in [5, 5.41) is 12.5. The van der Waals surface area contributed by atoms with Crippen LogP contribution in [0.5, 0.6) is 17.2 Å². The first-order valence-corrected chi connectivity index (χ1v) is 24.3. The lowest BCUT2D eigenvalue weighted by Crippen LogP contribution is -2.31. The van der Waals surface area contributed by atoms with Gasteiger partial charge in [0.25, 0.3) is 0 Å². The van der Waals surface area contributed by atoms with E-state index in [-0.39, 0.29) is 31.3 Å². The number of hydrogen-bond donors (Lipinski definition) is 1. The van der Waals surface area contributed by atoms with E-state index in [1.54, 1.807) is 7.11 Å². The summed E-state index contributed by atoms with van der Waals surface area (Å²) in [7, 11) is -0.860. The highest BCUT2D eigenvalue weighted by Crippen LogP contribution is 2.52. The largest absolute Gasteiger partial charge is 0.496 e. The van der Waals surface area contributed by atoms with Crippen LogP contribution in [0.4, 0.5) is 0 Å². The standard InChI is InChI=1S/C38H60O6Si2/c1-28(2)16-18-32-29(3)17-19-33(36(32)30-14-12-11-13-15-30)38(39)37-34(43-26-41-20-22-45(5,6)7)24-31(40-4)25-35(37)44-27-42-21-23-46(8,9)10/h11-17,24-25,32-33,36,38-39H,18-23,26-27H2,1-10H3/t32-,33-,36-,38?/m1/s1. The monoisotopic (exact) mass is 668 g/mol. The van der Waals surface area contributed by atoms with Gasteiger partial charge in [-0.1, -0.05) is 92.9 Å². The number of aliphatic hydroxyl groups excluding tert-OH is 1. The van der Waals surface area contributed by atoms with Crippen LogP contribution in [0.15, 0.2) is 65.8 Å². The molecule has 1 aliphatic rings. The van der Waals surface area contributed by atoms with E-state index in [2.05, 4.69) is 103 Å². The van der Waals surface area contributed by atoms with Crippen molar-refractivity contribution >= 4 is 16.1 Å². The molecule has 3 rings (SSSR count). The molecule has 0 radical (unpaired) electrons. The first-order valence-electron chi connectivity index (χ1n) is 16.9. The second-order valence-corrected chi connectivity index (χ2v) is 26.6. The molecule has 2 aromatic carbocycles. The third kappa shape index (κ3) is 12.0. The fourth-order valence-electron chi connectivity index (χ4n) is 5.90. The highest BCUT2D eigenvalue weighted by atomic mass is 28.3. The zero-order valence-corrected chi connectivity index (χ0v) is 32.2. The maximum absolute atomic E-state index is 12.5. The lowest BCUT2D eigenvalue weighted by atomic mass is 9.65. The Morgan fingerprint density at radius 3 is 1.91 bits per heavy atom. The summed E-state index contributed by atoms with van der Waals surface area (Å²) in [4.78, 5) is 0. The number of allylic oxidation sites excluding steroid dienone is 4. The van der Waals surface area contributed by atoms with Crippen molar-refractivity contribution < 1.29 is 28.8 Å². The average Bonchev–Trinajstić information content (AvgIpc) is 2.98. The molecule has 6 nitrogen and oxygen atoms in total. The number of aliphatic hydroxyl groups is 1. The Morgan fingerprint density at radius 1 is 0.891 bits per heavy atom. The Kier molecular flexibility index (Phi) is 14.6. The van der Waals surface area contributed by atoms with Gasteiger partial charge in [0.2, 0.25) is 0 Å². The predicted octanol–water partition coefficient (Wildman–Crippen LogP) is 9.83. The molecule has 0 bridgehead atoms. The van der Waals surface area contributed by atoms with E-state index in [9.17, 15) is 5.11 Å². The Balaban J connectivity index is 2.02. The fourth-order valence-corrected chi connectivity index (χ4v) is 7.41. The molecule has 0 heterocycles. The smallest absolute Gasteiger partial charge is 0.189 e. The molecule has 46 heavy (non-hydrogen) atoms. The van der Waals surface area contributed by atoms with Gasteiger partial charge in [-0.15, -0.1) is 0 Å². The summed E-state index contributed by atoms with van der Waals surface area (Å²) in [5.41, 5.74) is 4.51. The van der Waals surface area contributed by atoms with Crippen LogP contribution >= 0.6 is 0 Å².